The first kappa shape index (κ1) is 15.9. The maximum Gasteiger partial charge on any atom is 0.240 e. The van der Waals surface area contributed by atoms with E-state index in [0.29, 0.717) is 6.42 Å². The summed E-state index contributed by atoms with van der Waals surface area (Å²) in [5.41, 5.74) is 0.793. The minimum absolute atomic E-state index is 0.0191. The molecule has 3 N–H and O–H groups in total. The standard InChI is InChI=1S/C12H13ClFN3O3S/c13-12-8(6-18)3-10(4-11(12)14)21(19,20)17-2-1-9-5-15-7-16-9/h3-5,7,17-18H,1-2,6H2,(H,15,16). The molecule has 0 aliphatic carbocycles. The third-order valence-corrected chi connectivity index (χ3v) is 4.66. The molecule has 2 rings (SSSR count). The highest BCUT2D eigenvalue weighted by atomic mass is 35.5. The van der Waals surface area contributed by atoms with E-state index in [1.807, 2.05) is 0 Å². The first-order valence-corrected chi connectivity index (χ1v) is 7.86. The highest BCUT2D eigenvalue weighted by Gasteiger charge is 2.18. The molecule has 1 aromatic carbocycles. The fraction of sp³-hybridized carbons (Fsp3) is 0.250. The van der Waals surface area contributed by atoms with Crippen LogP contribution < -0.4 is 4.72 Å². The Kier molecular flexibility index (Phi) is 4.94. The van der Waals surface area contributed by atoms with Gasteiger partial charge in [-0.05, 0) is 12.1 Å². The fourth-order valence-corrected chi connectivity index (χ4v) is 2.98. The van der Waals surface area contributed by atoms with Crippen molar-refractivity contribution < 1.29 is 17.9 Å². The zero-order chi connectivity index (χ0) is 15.5. The quantitative estimate of drug-likeness (QED) is 0.740. The van der Waals surface area contributed by atoms with Crippen LogP contribution in [-0.2, 0) is 23.1 Å². The third-order valence-electron chi connectivity index (χ3n) is 2.80. The van der Waals surface area contributed by atoms with E-state index >= 15 is 0 Å². The van der Waals surface area contributed by atoms with Gasteiger partial charge in [-0.15, -0.1) is 0 Å². The van der Waals surface area contributed by atoms with Crippen molar-refractivity contribution in [2.75, 3.05) is 6.54 Å². The number of aliphatic hydroxyl groups is 1. The molecule has 0 saturated heterocycles. The Labute approximate surface area is 126 Å². The monoisotopic (exact) mass is 333 g/mol. The lowest BCUT2D eigenvalue weighted by Crippen LogP contribution is -2.26. The van der Waals surface area contributed by atoms with E-state index in [2.05, 4.69) is 14.7 Å². The topological polar surface area (TPSA) is 95.1 Å². The van der Waals surface area contributed by atoms with Gasteiger partial charge in [0.25, 0.3) is 0 Å². The number of aromatic nitrogens is 2. The van der Waals surface area contributed by atoms with Crippen molar-refractivity contribution in [1.82, 2.24) is 14.7 Å². The van der Waals surface area contributed by atoms with Crippen LogP contribution in [0.3, 0.4) is 0 Å². The van der Waals surface area contributed by atoms with Crippen LogP contribution in [-0.4, -0.2) is 30.0 Å². The normalized spacial score (nSPS) is 11.8. The van der Waals surface area contributed by atoms with Crippen LogP contribution in [0.25, 0.3) is 0 Å². The number of H-pyrrole nitrogens is 1. The maximum atomic E-state index is 13.6. The Balaban J connectivity index is 2.13. The van der Waals surface area contributed by atoms with E-state index in [4.69, 9.17) is 16.7 Å². The number of benzene rings is 1. The summed E-state index contributed by atoms with van der Waals surface area (Å²) >= 11 is 5.63. The highest BCUT2D eigenvalue weighted by molar-refractivity contribution is 7.89. The molecule has 0 amide bonds. The number of nitrogens with one attached hydrogen (secondary N) is 2. The van der Waals surface area contributed by atoms with Crippen LogP contribution in [0.2, 0.25) is 5.02 Å². The molecule has 1 heterocycles. The molecule has 0 saturated carbocycles. The highest BCUT2D eigenvalue weighted by Crippen LogP contribution is 2.24. The van der Waals surface area contributed by atoms with Gasteiger partial charge in [0.2, 0.25) is 10.0 Å². The largest absolute Gasteiger partial charge is 0.392 e. The lowest BCUT2D eigenvalue weighted by Gasteiger charge is -2.09. The zero-order valence-electron chi connectivity index (χ0n) is 10.8. The van der Waals surface area contributed by atoms with E-state index < -0.39 is 22.4 Å². The van der Waals surface area contributed by atoms with Crippen LogP contribution in [0.5, 0.6) is 0 Å². The number of halogens is 2. The van der Waals surface area contributed by atoms with Crippen LogP contribution >= 0.6 is 11.6 Å². The molecule has 0 bridgehead atoms. The molecular formula is C12H13ClFN3O3S. The molecule has 21 heavy (non-hydrogen) atoms. The second-order valence-electron chi connectivity index (χ2n) is 4.26. The number of aliphatic hydroxyl groups excluding tert-OH is 1. The first-order chi connectivity index (χ1) is 9.94. The Hall–Kier alpha value is -1.48. The van der Waals surface area contributed by atoms with Crippen molar-refractivity contribution in [2.24, 2.45) is 0 Å². The molecular weight excluding hydrogens is 321 g/mol. The summed E-state index contributed by atoms with van der Waals surface area (Å²) in [6.45, 7) is -0.420. The predicted octanol–water partition coefficient (Wildman–Crippen LogP) is 1.22. The molecule has 6 nitrogen and oxygen atoms in total. The summed E-state index contributed by atoms with van der Waals surface area (Å²) < 4.78 is 40.0. The molecule has 0 fully saturated rings. The molecule has 0 unspecified atom stereocenters. The summed E-state index contributed by atoms with van der Waals surface area (Å²) in [5.74, 6) is -0.892. The van der Waals surface area contributed by atoms with Gasteiger partial charge in [-0.25, -0.2) is 22.5 Å². The predicted molar refractivity (Wildman–Crippen MR) is 74.8 cm³/mol. The summed E-state index contributed by atoms with van der Waals surface area (Å²) in [6.07, 6.45) is 3.49. The smallest absolute Gasteiger partial charge is 0.240 e. The average Bonchev–Trinajstić information content (AvgIpc) is 2.94. The van der Waals surface area contributed by atoms with Gasteiger partial charge in [-0.3, -0.25) is 0 Å². The molecule has 0 spiro atoms. The van der Waals surface area contributed by atoms with E-state index in [0.717, 1.165) is 17.8 Å². The lowest BCUT2D eigenvalue weighted by molar-refractivity contribution is 0.281. The zero-order valence-corrected chi connectivity index (χ0v) is 12.4. The number of nitrogens with zero attached hydrogens (tertiary/aromatic N) is 1. The number of sulfonamides is 1. The van der Waals surface area contributed by atoms with Crippen molar-refractivity contribution >= 4 is 21.6 Å². The van der Waals surface area contributed by atoms with Gasteiger partial charge in [-0.1, -0.05) is 11.6 Å². The summed E-state index contributed by atoms with van der Waals surface area (Å²) in [4.78, 5) is 6.38. The Morgan fingerprint density at radius 1 is 1.43 bits per heavy atom. The van der Waals surface area contributed by atoms with Crippen molar-refractivity contribution in [3.8, 4) is 0 Å². The summed E-state index contributed by atoms with van der Waals surface area (Å²) in [6, 6.07) is 1.96. The van der Waals surface area contributed by atoms with Gasteiger partial charge < -0.3 is 10.1 Å². The molecule has 9 heteroatoms. The van der Waals surface area contributed by atoms with Gasteiger partial charge in [0.15, 0.2) is 0 Å². The first-order valence-electron chi connectivity index (χ1n) is 5.99. The Morgan fingerprint density at radius 2 is 2.19 bits per heavy atom. The number of rotatable bonds is 6. The molecule has 0 aliphatic heterocycles. The Bertz CT molecular complexity index is 720. The molecule has 2 aromatic rings. The molecule has 0 atom stereocenters. The molecule has 114 valence electrons. The van der Waals surface area contributed by atoms with E-state index in [9.17, 15) is 12.8 Å². The minimum Gasteiger partial charge on any atom is -0.392 e. The SMILES string of the molecule is O=S(=O)(NCCc1cnc[nH]1)c1cc(F)c(Cl)c(CO)c1. The second-order valence-corrected chi connectivity index (χ2v) is 6.41. The minimum atomic E-state index is -3.88. The van der Waals surface area contributed by atoms with Gasteiger partial charge in [0.05, 0.1) is 22.9 Å². The molecule has 0 aliphatic rings. The van der Waals surface area contributed by atoms with Crippen molar-refractivity contribution in [2.45, 2.75) is 17.9 Å². The van der Waals surface area contributed by atoms with Crippen molar-refractivity contribution in [3.63, 3.8) is 0 Å². The number of aromatic amines is 1. The number of hydrogen-bond acceptors (Lipinski definition) is 4. The van der Waals surface area contributed by atoms with E-state index in [1.54, 1.807) is 6.20 Å². The van der Waals surface area contributed by atoms with Crippen LogP contribution in [0.1, 0.15) is 11.3 Å². The number of imidazole rings is 1. The van der Waals surface area contributed by atoms with Crippen molar-refractivity contribution in [3.05, 3.63) is 46.8 Å². The van der Waals surface area contributed by atoms with E-state index in [-0.39, 0.29) is 22.0 Å². The van der Waals surface area contributed by atoms with Crippen LogP contribution in [0, 0.1) is 5.82 Å². The van der Waals surface area contributed by atoms with Crippen LogP contribution in [0.4, 0.5) is 4.39 Å². The summed E-state index contributed by atoms with van der Waals surface area (Å²) in [5, 5.41) is 8.77. The second kappa shape index (κ2) is 6.52. The third kappa shape index (κ3) is 3.79. The number of hydrogen-bond donors (Lipinski definition) is 3. The average molecular weight is 334 g/mol. The summed E-state index contributed by atoms with van der Waals surface area (Å²) in [7, 11) is -3.88. The van der Waals surface area contributed by atoms with Gasteiger partial charge in [-0.2, -0.15) is 0 Å². The van der Waals surface area contributed by atoms with Gasteiger partial charge in [0, 0.05) is 30.4 Å². The van der Waals surface area contributed by atoms with E-state index in [1.165, 1.54) is 6.33 Å². The fourth-order valence-electron chi connectivity index (χ4n) is 1.71. The van der Waals surface area contributed by atoms with Crippen molar-refractivity contribution in [1.29, 1.82) is 0 Å². The van der Waals surface area contributed by atoms with Crippen LogP contribution in [0.15, 0.2) is 29.6 Å². The molecule has 0 radical (unpaired) electrons. The lowest BCUT2D eigenvalue weighted by atomic mass is 10.2. The van der Waals surface area contributed by atoms with Gasteiger partial charge >= 0.3 is 0 Å². The maximum absolute atomic E-state index is 13.6. The van der Waals surface area contributed by atoms with Gasteiger partial charge in [0.1, 0.15) is 5.82 Å². The molecule has 1 aromatic heterocycles. The Morgan fingerprint density at radius 3 is 2.81 bits per heavy atom.